The van der Waals surface area contributed by atoms with Crippen molar-refractivity contribution in [3.8, 4) is 0 Å². The number of aromatic amines is 1. The lowest BCUT2D eigenvalue weighted by molar-refractivity contribution is 0.751. The summed E-state index contributed by atoms with van der Waals surface area (Å²) in [6.45, 7) is 0. The molecule has 0 aliphatic rings. The second-order valence-electron chi connectivity index (χ2n) is 2.04. The summed E-state index contributed by atoms with van der Waals surface area (Å²) in [5, 5.41) is 3.01. The van der Waals surface area contributed by atoms with Crippen LogP contribution in [0.2, 0.25) is 0 Å². The Kier molecular flexibility index (Phi) is 0.704. The Labute approximate surface area is 52.3 Å². The summed E-state index contributed by atoms with van der Waals surface area (Å²) in [6.07, 6.45) is 1.78. The van der Waals surface area contributed by atoms with E-state index in [0.29, 0.717) is 0 Å². The van der Waals surface area contributed by atoms with Crippen molar-refractivity contribution in [1.82, 2.24) is 14.8 Å². The smallest absolute Gasteiger partial charge is 0.170 e. The quantitative estimate of drug-likeness (QED) is 0.552. The van der Waals surface area contributed by atoms with Crippen LogP contribution in [0.15, 0.2) is 18.3 Å². The first-order valence-electron chi connectivity index (χ1n) is 2.83. The maximum atomic E-state index is 4.06. The van der Waals surface area contributed by atoms with Gasteiger partial charge in [-0.3, -0.25) is 9.78 Å². The Hall–Kier alpha value is -1.25. The number of nitrogens with one attached hydrogen (secondary N) is 1. The summed E-state index contributed by atoms with van der Waals surface area (Å²) in [6, 6.07) is 3.95. The van der Waals surface area contributed by atoms with Gasteiger partial charge in [-0.05, 0) is 12.1 Å². The molecular formula is C6H7N3. The maximum Gasteiger partial charge on any atom is 0.170 e. The van der Waals surface area contributed by atoms with Gasteiger partial charge in [-0.15, -0.1) is 0 Å². The molecule has 2 rings (SSSR count). The fraction of sp³-hybridized carbons (Fsp3) is 0.167. The Bertz CT molecular complexity index is 317. The van der Waals surface area contributed by atoms with Crippen LogP contribution >= 0.6 is 0 Å². The highest BCUT2D eigenvalue weighted by atomic mass is 15.3. The normalized spacial score (nSPS) is 10.8. The van der Waals surface area contributed by atoms with Gasteiger partial charge < -0.3 is 0 Å². The molecule has 0 amide bonds. The van der Waals surface area contributed by atoms with Crippen molar-refractivity contribution in [2.24, 2.45) is 7.05 Å². The summed E-state index contributed by atoms with van der Waals surface area (Å²) in [7, 11) is 1.96. The standard InChI is InChI=1S/C6H7N3/c1-9-5-3-2-4-7-6(5)8-9/h2-4H,1H3,(H,7,8). The number of aromatic nitrogens is 3. The molecule has 0 radical (unpaired) electrons. The highest BCUT2D eigenvalue weighted by molar-refractivity contribution is 5.71. The minimum absolute atomic E-state index is 0.972. The van der Waals surface area contributed by atoms with Crippen LogP contribution in [-0.4, -0.2) is 14.8 Å². The van der Waals surface area contributed by atoms with E-state index >= 15 is 0 Å². The number of hydrogen-bond acceptors (Lipinski definition) is 1. The monoisotopic (exact) mass is 121 g/mol. The summed E-state index contributed by atoms with van der Waals surface area (Å²) >= 11 is 0. The predicted octanol–water partition coefficient (Wildman–Crippen LogP) is 0.901. The molecule has 0 aromatic carbocycles. The van der Waals surface area contributed by atoms with Gasteiger partial charge in [-0.2, -0.15) is 0 Å². The van der Waals surface area contributed by atoms with E-state index in [9.17, 15) is 0 Å². The lowest BCUT2D eigenvalue weighted by Crippen LogP contribution is -2.05. The minimum atomic E-state index is 0.972. The number of hydrogen-bond donors (Lipinski definition) is 1. The van der Waals surface area contributed by atoms with Crippen LogP contribution in [0.25, 0.3) is 11.2 Å². The number of nitrogens with zero attached hydrogens (tertiary/aromatic N) is 2. The van der Waals surface area contributed by atoms with Crippen molar-refractivity contribution in [3.05, 3.63) is 18.3 Å². The molecule has 3 nitrogen and oxygen atoms in total. The SMILES string of the molecule is Cn1[nH]c2ncccc21. The number of fused-ring (bicyclic) bond motifs is 1. The first-order valence-corrected chi connectivity index (χ1v) is 2.83. The topological polar surface area (TPSA) is 33.6 Å². The first kappa shape index (κ1) is 4.61. The molecule has 0 unspecified atom stereocenters. The van der Waals surface area contributed by atoms with Crippen LogP contribution in [0, 0.1) is 0 Å². The van der Waals surface area contributed by atoms with Gasteiger partial charge >= 0.3 is 0 Å². The molecule has 0 spiro atoms. The fourth-order valence-electron chi connectivity index (χ4n) is 0.920. The van der Waals surface area contributed by atoms with Gasteiger partial charge in [-0.25, -0.2) is 4.98 Å². The summed E-state index contributed by atoms with van der Waals surface area (Å²) < 4.78 is 1.93. The third-order valence-electron chi connectivity index (χ3n) is 1.42. The molecule has 1 N–H and O–H groups in total. The molecule has 0 saturated heterocycles. The molecule has 0 fully saturated rings. The molecule has 3 heteroatoms. The molecule has 0 saturated carbocycles. The van der Waals surface area contributed by atoms with Crippen LogP contribution in [0.4, 0.5) is 0 Å². The predicted molar refractivity (Wildman–Crippen MR) is 35.1 cm³/mol. The maximum absolute atomic E-state index is 4.06. The average Bonchev–Trinajstić information content (AvgIpc) is 1.86. The number of rotatable bonds is 0. The lowest BCUT2D eigenvalue weighted by Gasteiger charge is -2.08. The molecule has 0 aliphatic carbocycles. The Balaban J connectivity index is 2.81. The van der Waals surface area contributed by atoms with Gasteiger partial charge in [0.1, 0.15) is 5.52 Å². The summed E-state index contributed by atoms with van der Waals surface area (Å²) in [5.41, 5.74) is 2.14. The summed E-state index contributed by atoms with van der Waals surface area (Å²) in [4.78, 5) is 4.06. The van der Waals surface area contributed by atoms with E-state index in [4.69, 9.17) is 0 Å². The van der Waals surface area contributed by atoms with Crippen molar-refractivity contribution >= 4 is 11.2 Å². The molecular weight excluding hydrogens is 114 g/mol. The zero-order valence-corrected chi connectivity index (χ0v) is 5.13. The van der Waals surface area contributed by atoms with E-state index in [-0.39, 0.29) is 0 Å². The van der Waals surface area contributed by atoms with Crippen molar-refractivity contribution in [3.63, 3.8) is 0 Å². The van der Waals surface area contributed by atoms with Crippen molar-refractivity contribution in [2.75, 3.05) is 0 Å². The fourth-order valence-corrected chi connectivity index (χ4v) is 0.920. The third-order valence-corrected chi connectivity index (χ3v) is 1.42. The van der Waals surface area contributed by atoms with Crippen molar-refractivity contribution in [1.29, 1.82) is 0 Å². The van der Waals surface area contributed by atoms with Gasteiger partial charge in [0.2, 0.25) is 0 Å². The second kappa shape index (κ2) is 1.37. The van der Waals surface area contributed by atoms with Gasteiger partial charge in [-0.1, -0.05) is 0 Å². The number of H-pyrrole nitrogens is 1. The van der Waals surface area contributed by atoms with E-state index in [1.807, 2.05) is 23.9 Å². The third kappa shape index (κ3) is 0.483. The van der Waals surface area contributed by atoms with Crippen LogP contribution in [-0.2, 0) is 7.05 Å². The molecule has 2 aromatic heterocycles. The van der Waals surface area contributed by atoms with Gasteiger partial charge in [0.05, 0.1) is 0 Å². The second-order valence-corrected chi connectivity index (χ2v) is 2.04. The van der Waals surface area contributed by atoms with Crippen molar-refractivity contribution in [2.45, 2.75) is 0 Å². The largest absolute Gasteiger partial charge is 0.286 e. The molecule has 46 valence electrons. The van der Waals surface area contributed by atoms with E-state index < -0.39 is 0 Å². The molecule has 0 atom stereocenters. The van der Waals surface area contributed by atoms with Crippen LogP contribution in [0.1, 0.15) is 0 Å². The van der Waals surface area contributed by atoms with Crippen LogP contribution in [0.3, 0.4) is 0 Å². The van der Waals surface area contributed by atoms with E-state index in [2.05, 4.69) is 10.1 Å². The van der Waals surface area contributed by atoms with Gasteiger partial charge in [0, 0.05) is 13.2 Å². The van der Waals surface area contributed by atoms with Crippen molar-refractivity contribution < 1.29 is 0 Å². The van der Waals surface area contributed by atoms with Crippen LogP contribution in [0.5, 0.6) is 0 Å². The molecule has 2 aromatic rings. The van der Waals surface area contributed by atoms with E-state index in [1.165, 1.54) is 0 Å². The molecule has 2 heterocycles. The number of aryl methyl sites for hydroxylation is 1. The Morgan fingerprint density at radius 3 is 3.11 bits per heavy atom. The molecule has 0 aliphatic heterocycles. The first-order chi connectivity index (χ1) is 4.38. The van der Waals surface area contributed by atoms with E-state index in [0.717, 1.165) is 11.2 Å². The zero-order chi connectivity index (χ0) is 6.27. The Morgan fingerprint density at radius 2 is 2.56 bits per heavy atom. The lowest BCUT2D eigenvalue weighted by atomic mass is 10.4. The summed E-state index contributed by atoms with van der Waals surface area (Å²) in [5.74, 6) is 0. The minimum Gasteiger partial charge on any atom is -0.286 e. The highest BCUT2D eigenvalue weighted by Crippen LogP contribution is 2.07. The van der Waals surface area contributed by atoms with Gasteiger partial charge in [0.15, 0.2) is 5.65 Å². The van der Waals surface area contributed by atoms with Crippen LogP contribution < -0.4 is 0 Å². The van der Waals surface area contributed by atoms with E-state index in [1.54, 1.807) is 6.20 Å². The zero-order valence-electron chi connectivity index (χ0n) is 5.13. The average molecular weight is 121 g/mol. The highest BCUT2D eigenvalue weighted by Gasteiger charge is 1.97. The molecule has 9 heavy (non-hydrogen) atoms. The molecule has 0 bridgehead atoms. The number of pyridine rings is 1. The van der Waals surface area contributed by atoms with Gasteiger partial charge in [0.25, 0.3) is 0 Å². The Morgan fingerprint density at radius 1 is 1.67 bits per heavy atom.